The molecule has 9 nitrogen and oxygen atoms in total. The Morgan fingerprint density at radius 1 is 1.36 bits per heavy atom. The highest BCUT2D eigenvalue weighted by Gasteiger charge is 2.27. The van der Waals surface area contributed by atoms with E-state index in [1.807, 2.05) is 4.98 Å². The normalized spacial score (nSPS) is 21.4. The van der Waals surface area contributed by atoms with Crippen LogP contribution in [0.25, 0.3) is 0 Å². The fourth-order valence-electron chi connectivity index (χ4n) is 1.66. The summed E-state index contributed by atoms with van der Waals surface area (Å²) >= 11 is 0. The first kappa shape index (κ1) is 16.8. The lowest BCUT2D eigenvalue weighted by atomic mass is 10.5. The van der Waals surface area contributed by atoms with E-state index in [1.54, 1.807) is 0 Å². The first-order valence-corrected chi connectivity index (χ1v) is 7.78. The van der Waals surface area contributed by atoms with Gasteiger partial charge in [-0.3, -0.25) is 18.9 Å². The van der Waals surface area contributed by atoms with Crippen LogP contribution in [0.2, 0.25) is 0 Å². The molecule has 11 heteroatoms. The van der Waals surface area contributed by atoms with Crippen LogP contribution >= 0.6 is 7.60 Å². The Kier molecular flexibility index (Phi) is 5.09. The minimum Gasteiger partial charge on any atom is -0.336 e. The molecule has 2 atom stereocenters. The van der Waals surface area contributed by atoms with Crippen molar-refractivity contribution < 1.29 is 27.5 Å². The third-order valence-electron chi connectivity index (χ3n) is 2.86. The average molecular weight is 336 g/mol. The van der Waals surface area contributed by atoms with Crippen molar-refractivity contribution in [2.75, 3.05) is 20.6 Å². The summed E-state index contributed by atoms with van der Waals surface area (Å²) in [5.41, 5.74) is -1.95. The largest absolute Gasteiger partial charge is 0.355 e. The van der Waals surface area contributed by atoms with Crippen molar-refractivity contribution in [3.63, 3.8) is 0 Å². The summed E-state index contributed by atoms with van der Waals surface area (Å²) in [5, 5.41) is 0. The van der Waals surface area contributed by atoms with Gasteiger partial charge in [0.1, 0.15) is 0 Å². The molecule has 0 fully saturated rings. The molecule has 1 aromatic heterocycles. The van der Waals surface area contributed by atoms with Crippen molar-refractivity contribution in [2.45, 2.75) is 12.5 Å². The van der Waals surface area contributed by atoms with Gasteiger partial charge in [-0.05, 0) is 12.2 Å². The van der Waals surface area contributed by atoms with Crippen molar-refractivity contribution in [1.29, 1.82) is 0 Å². The lowest BCUT2D eigenvalue weighted by Gasteiger charge is -2.18. The number of aromatic amines is 1. The van der Waals surface area contributed by atoms with Gasteiger partial charge in [-0.1, -0.05) is 0 Å². The molecular weight excluding hydrogens is 322 g/mol. The topological polar surface area (TPSA) is 109 Å². The number of halogens is 1. The van der Waals surface area contributed by atoms with E-state index in [0.717, 1.165) is 10.8 Å². The van der Waals surface area contributed by atoms with Gasteiger partial charge in [-0.15, -0.1) is 0 Å². The first-order valence-electron chi connectivity index (χ1n) is 6.05. The maximum atomic E-state index is 13.2. The van der Waals surface area contributed by atoms with Gasteiger partial charge in [0.25, 0.3) is 5.56 Å². The van der Waals surface area contributed by atoms with Crippen molar-refractivity contribution in [3.05, 3.63) is 45.0 Å². The zero-order valence-electron chi connectivity index (χ0n) is 11.7. The predicted octanol–water partition coefficient (Wildman–Crippen LogP) is 0.547. The third-order valence-corrected chi connectivity index (χ3v) is 4.44. The average Bonchev–Trinajstić information content (AvgIpc) is 2.97. The molecule has 1 aliphatic rings. The van der Waals surface area contributed by atoms with E-state index in [2.05, 4.69) is 0 Å². The van der Waals surface area contributed by atoms with Crippen molar-refractivity contribution in [3.8, 4) is 0 Å². The molecule has 0 radical (unpaired) electrons. The first-order chi connectivity index (χ1) is 10.4. The second-order valence-corrected chi connectivity index (χ2v) is 6.41. The highest BCUT2D eigenvalue weighted by Crippen LogP contribution is 2.46. The summed E-state index contributed by atoms with van der Waals surface area (Å²) in [6, 6.07) is 0. The van der Waals surface area contributed by atoms with E-state index < -0.39 is 37.2 Å². The molecule has 0 saturated carbocycles. The van der Waals surface area contributed by atoms with Crippen molar-refractivity contribution in [1.82, 2.24) is 9.55 Å². The second-order valence-electron chi connectivity index (χ2n) is 4.20. The highest BCUT2D eigenvalue weighted by molar-refractivity contribution is 7.53. The Morgan fingerprint density at radius 2 is 2.05 bits per heavy atom. The van der Waals surface area contributed by atoms with Gasteiger partial charge < -0.3 is 18.5 Å². The molecule has 0 saturated heterocycles. The van der Waals surface area contributed by atoms with Crippen molar-refractivity contribution >= 4 is 7.60 Å². The van der Waals surface area contributed by atoms with Crippen LogP contribution < -0.4 is 11.2 Å². The Hall–Kier alpha value is -1.58. The number of hydrogen-bond donors (Lipinski definition) is 1. The molecule has 1 N–H and O–H groups in total. The van der Waals surface area contributed by atoms with Gasteiger partial charge in [0.15, 0.2) is 18.9 Å². The standard InChI is InChI=1S/C11H14FN2O7P/c1-18-22(17,19-2)6-20-9-4-3-8(21-9)14-5-7(12)10(15)13-11(14)16/h3-5,8-9H,6H2,1-2H3,(H,13,15,16)/t8-,9+/m1/s1. The summed E-state index contributed by atoms with van der Waals surface area (Å²) in [6.07, 6.45) is 1.34. The highest BCUT2D eigenvalue weighted by atomic mass is 31.2. The van der Waals surface area contributed by atoms with Gasteiger partial charge in [0.05, 0.1) is 6.20 Å². The summed E-state index contributed by atoms with van der Waals surface area (Å²) < 4.78 is 45.8. The van der Waals surface area contributed by atoms with Gasteiger partial charge >= 0.3 is 13.3 Å². The summed E-state index contributed by atoms with van der Waals surface area (Å²) in [5.74, 6) is -1.12. The van der Waals surface area contributed by atoms with E-state index in [4.69, 9.17) is 18.5 Å². The Balaban J connectivity index is 2.04. The van der Waals surface area contributed by atoms with Crippen LogP contribution in [0.1, 0.15) is 6.23 Å². The van der Waals surface area contributed by atoms with E-state index in [-0.39, 0.29) is 6.35 Å². The molecule has 122 valence electrons. The maximum absolute atomic E-state index is 13.2. The second kappa shape index (κ2) is 6.67. The molecule has 2 heterocycles. The van der Waals surface area contributed by atoms with Crippen LogP contribution in [0.3, 0.4) is 0 Å². The number of nitrogens with one attached hydrogen (secondary N) is 1. The molecule has 2 rings (SSSR count). The fraction of sp³-hybridized carbons (Fsp3) is 0.455. The number of rotatable bonds is 6. The Labute approximate surface area is 123 Å². The van der Waals surface area contributed by atoms with Crippen LogP contribution in [0.15, 0.2) is 27.9 Å². The number of hydrogen-bond acceptors (Lipinski definition) is 7. The van der Waals surface area contributed by atoms with Crippen LogP contribution in [0, 0.1) is 5.82 Å². The summed E-state index contributed by atoms with van der Waals surface area (Å²) in [4.78, 5) is 24.4. The van der Waals surface area contributed by atoms with Crippen LogP contribution in [0.4, 0.5) is 4.39 Å². The van der Waals surface area contributed by atoms with E-state index in [9.17, 15) is 18.5 Å². The molecule has 1 aliphatic heterocycles. The molecule has 0 amide bonds. The summed E-state index contributed by atoms with van der Waals surface area (Å²) in [7, 11) is -0.936. The SMILES string of the molecule is COP(=O)(CO[C@@H]1C=C[C@H](n2cc(F)c(=O)[nH]c2=O)O1)OC. The smallest absolute Gasteiger partial charge is 0.336 e. The monoisotopic (exact) mass is 336 g/mol. The van der Waals surface area contributed by atoms with Gasteiger partial charge in [0.2, 0.25) is 5.82 Å². The van der Waals surface area contributed by atoms with Crippen LogP contribution in [-0.2, 0) is 23.1 Å². The minimum atomic E-state index is -3.36. The quantitative estimate of drug-likeness (QED) is 0.597. The lowest BCUT2D eigenvalue weighted by molar-refractivity contribution is -0.128. The molecule has 0 aromatic carbocycles. The van der Waals surface area contributed by atoms with Crippen molar-refractivity contribution in [2.24, 2.45) is 0 Å². The number of ether oxygens (including phenoxy) is 2. The predicted molar refractivity (Wildman–Crippen MR) is 71.9 cm³/mol. The number of aromatic nitrogens is 2. The van der Waals surface area contributed by atoms with E-state index >= 15 is 0 Å². The molecule has 0 unspecified atom stereocenters. The fourth-order valence-corrected chi connectivity index (χ4v) is 2.35. The molecule has 22 heavy (non-hydrogen) atoms. The minimum absolute atomic E-state index is 0.364. The van der Waals surface area contributed by atoms with E-state index in [1.165, 1.54) is 26.4 Å². The van der Waals surface area contributed by atoms with E-state index in [0.29, 0.717) is 0 Å². The zero-order chi connectivity index (χ0) is 16.3. The Bertz CT molecular complexity index is 720. The lowest BCUT2D eigenvalue weighted by Crippen LogP contribution is -2.34. The molecule has 1 aromatic rings. The molecule has 0 bridgehead atoms. The maximum Gasteiger partial charge on any atom is 0.355 e. The van der Waals surface area contributed by atoms with Gasteiger partial charge in [-0.25, -0.2) is 4.79 Å². The summed E-state index contributed by atoms with van der Waals surface area (Å²) in [6.45, 7) is 0. The number of H-pyrrole nitrogens is 1. The molecule has 0 aliphatic carbocycles. The van der Waals surface area contributed by atoms with Crippen LogP contribution in [0.5, 0.6) is 0 Å². The van der Waals surface area contributed by atoms with Crippen LogP contribution in [-0.4, -0.2) is 36.4 Å². The number of nitrogens with zero attached hydrogens (tertiary/aromatic N) is 1. The molecule has 0 spiro atoms. The molecular formula is C11H14FN2O7P. The van der Waals surface area contributed by atoms with Gasteiger partial charge in [0, 0.05) is 14.2 Å². The zero-order valence-corrected chi connectivity index (χ0v) is 12.6. The van der Waals surface area contributed by atoms with Gasteiger partial charge in [-0.2, -0.15) is 4.39 Å². The Morgan fingerprint density at radius 3 is 2.68 bits per heavy atom. The third kappa shape index (κ3) is 3.60.